The second-order valence-electron chi connectivity index (χ2n) is 5.10. The number of ether oxygens (including phenoxy) is 1. The molecule has 0 aromatic rings. The molecule has 0 aromatic heterocycles. The van der Waals surface area contributed by atoms with E-state index in [2.05, 4.69) is 26.1 Å². The minimum atomic E-state index is 0.532. The van der Waals surface area contributed by atoms with Crippen molar-refractivity contribution in [2.24, 2.45) is 11.3 Å². The van der Waals surface area contributed by atoms with Gasteiger partial charge in [0.15, 0.2) is 0 Å². The van der Waals surface area contributed by atoms with Crippen LogP contribution in [0.3, 0.4) is 0 Å². The van der Waals surface area contributed by atoms with Crippen LogP contribution in [-0.4, -0.2) is 26.3 Å². The van der Waals surface area contributed by atoms with E-state index in [0.29, 0.717) is 11.5 Å². The van der Waals surface area contributed by atoms with Crippen LogP contribution in [0, 0.1) is 11.3 Å². The summed E-state index contributed by atoms with van der Waals surface area (Å²) in [6, 6.07) is 0.699. The van der Waals surface area contributed by atoms with Crippen LogP contribution in [0.4, 0.5) is 0 Å². The van der Waals surface area contributed by atoms with Gasteiger partial charge in [0, 0.05) is 19.7 Å². The second kappa shape index (κ2) is 4.43. The van der Waals surface area contributed by atoms with E-state index >= 15 is 0 Å². The molecule has 2 unspecified atom stereocenters. The predicted molar refractivity (Wildman–Crippen MR) is 55.8 cm³/mol. The third-order valence-electron chi connectivity index (χ3n) is 3.05. The number of rotatable bonds is 4. The van der Waals surface area contributed by atoms with E-state index in [1.165, 1.54) is 12.8 Å². The Balaban J connectivity index is 2.27. The Morgan fingerprint density at radius 3 is 2.54 bits per heavy atom. The van der Waals surface area contributed by atoms with Gasteiger partial charge in [0.25, 0.3) is 0 Å². The lowest BCUT2D eigenvalue weighted by atomic mass is 9.91. The molecular formula is C11H23NO. The first-order chi connectivity index (χ1) is 6.05. The van der Waals surface area contributed by atoms with Gasteiger partial charge in [-0.3, -0.25) is 0 Å². The lowest BCUT2D eigenvalue weighted by Crippen LogP contribution is -2.34. The normalized spacial score (nSPS) is 32.3. The Hall–Kier alpha value is -0.0800. The SMILES string of the molecule is COCCNC1CC(C)(C)CC1C. The fraction of sp³-hybridized carbons (Fsp3) is 1.00. The van der Waals surface area contributed by atoms with Gasteiger partial charge in [-0.1, -0.05) is 20.8 Å². The van der Waals surface area contributed by atoms with Crippen LogP contribution in [0.1, 0.15) is 33.6 Å². The Kier molecular flexibility index (Phi) is 3.74. The molecule has 2 atom stereocenters. The van der Waals surface area contributed by atoms with Crippen LogP contribution in [0.2, 0.25) is 0 Å². The molecule has 1 aliphatic carbocycles. The first kappa shape index (κ1) is 11.0. The Bertz CT molecular complexity index is 156. The zero-order valence-corrected chi connectivity index (χ0v) is 9.39. The van der Waals surface area contributed by atoms with Gasteiger partial charge in [-0.15, -0.1) is 0 Å². The summed E-state index contributed by atoms with van der Waals surface area (Å²) in [5.41, 5.74) is 0.532. The van der Waals surface area contributed by atoms with Crippen LogP contribution in [0.25, 0.3) is 0 Å². The molecule has 1 aliphatic rings. The summed E-state index contributed by atoms with van der Waals surface area (Å²) in [6.45, 7) is 8.88. The maximum Gasteiger partial charge on any atom is 0.0587 e. The minimum absolute atomic E-state index is 0.532. The summed E-state index contributed by atoms with van der Waals surface area (Å²) in [5, 5.41) is 3.56. The molecule has 0 amide bonds. The lowest BCUT2D eigenvalue weighted by Gasteiger charge is -2.18. The zero-order chi connectivity index (χ0) is 9.90. The summed E-state index contributed by atoms with van der Waals surface area (Å²) in [4.78, 5) is 0. The molecule has 0 radical (unpaired) electrons. The number of nitrogens with one attached hydrogen (secondary N) is 1. The van der Waals surface area contributed by atoms with Gasteiger partial charge >= 0.3 is 0 Å². The maximum atomic E-state index is 5.03. The summed E-state index contributed by atoms with van der Waals surface area (Å²) in [7, 11) is 1.75. The Labute approximate surface area is 82.0 Å². The highest BCUT2D eigenvalue weighted by atomic mass is 16.5. The van der Waals surface area contributed by atoms with Crippen LogP contribution in [-0.2, 0) is 4.74 Å². The highest BCUT2D eigenvalue weighted by molar-refractivity contribution is 4.90. The van der Waals surface area contributed by atoms with Gasteiger partial charge in [0.05, 0.1) is 6.61 Å². The molecule has 0 heterocycles. The molecule has 0 aromatic carbocycles. The molecule has 0 aliphatic heterocycles. The van der Waals surface area contributed by atoms with Gasteiger partial charge in [-0.25, -0.2) is 0 Å². The van der Waals surface area contributed by atoms with E-state index in [-0.39, 0.29) is 0 Å². The molecule has 1 saturated carbocycles. The zero-order valence-electron chi connectivity index (χ0n) is 9.39. The fourth-order valence-electron chi connectivity index (χ4n) is 2.51. The lowest BCUT2D eigenvalue weighted by molar-refractivity contribution is 0.193. The van der Waals surface area contributed by atoms with Crippen molar-refractivity contribution in [3.05, 3.63) is 0 Å². The van der Waals surface area contributed by atoms with Crippen molar-refractivity contribution in [3.8, 4) is 0 Å². The second-order valence-corrected chi connectivity index (χ2v) is 5.10. The Morgan fingerprint density at radius 1 is 1.38 bits per heavy atom. The monoisotopic (exact) mass is 185 g/mol. The molecule has 1 N–H and O–H groups in total. The van der Waals surface area contributed by atoms with E-state index in [9.17, 15) is 0 Å². The average molecular weight is 185 g/mol. The molecule has 1 fully saturated rings. The van der Waals surface area contributed by atoms with Crippen molar-refractivity contribution >= 4 is 0 Å². The van der Waals surface area contributed by atoms with E-state index in [1.54, 1.807) is 7.11 Å². The first-order valence-corrected chi connectivity index (χ1v) is 5.27. The smallest absolute Gasteiger partial charge is 0.0587 e. The summed E-state index contributed by atoms with van der Waals surface area (Å²) in [5.74, 6) is 0.812. The minimum Gasteiger partial charge on any atom is -0.383 e. The Morgan fingerprint density at radius 2 is 2.08 bits per heavy atom. The predicted octanol–water partition coefficient (Wildman–Crippen LogP) is 2.05. The molecule has 0 spiro atoms. The van der Waals surface area contributed by atoms with Crippen LogP contribution in [0.15, 0.2) is 0 Å². The number of hydrogen-bond acceptors (Lipinski definition) is 2. The standard InChI is InChI=1S/C11H23NO/c1-9-7-11(2,3)8-10(9)12-5-6-13-4/h9-10,12H,5-8H2,1-4H3. The molecule has 2 nitrogen and oxygen atoms in total. The first-order valence-electron chi connectivity index (χ1n) is 5.27. The third-order valence-corrected chi connectivity index (χ3v) is 3.05. The van der Waals surface area contributed by atoms with E-state index < -0.39 is 0 Å². The van der Waals surface area contributed by atoms with E-state index in [0.717, 1.165) is 19.1 Å². The topological polar surface area (TPSA) is 21.3 Å². The molecule has 2 heteroatoms. The van der Waals surface area contributed by atoms with Crippen LogP contribution in [0.5, 0.6) is 0 Å². The van der Waals surface area contributed by atoms with E-state index in [1.807, 2.05) is 0 Å². The van der Waals surface area contributed by atoms with Crippen molar-refractivity contribution in [2.45, 2.75) is 39.7 Å². The fourth-order valence-corrected chi connectivity index (χ4v) is 2.51. The van der Waals surface area contributed by atoms with Crippen molar-refractivity contribution in [1.82, 2.24) is 5.32 Å². The molecule has 0 saturated heterocycles. The molecular weight excluding hydrogens is 162 g/mol. The molecule has 0 bridgehead atoms. The van der Waals surface area contributed by atoms with Gasteiger partial charge in [-0.2, -0.15) is 0 Å². The molecule has 78 valence electrons. The highest BCUT2D eigenvalue weighted by Gasteiger charge is 2.35. The van der Waals surface area contributed by atoms with Gasteiger partial charge < -0.3 is 10.1 Å². The molecule has 1 rings (SSSR count). The quantitative estimate of drug-likeness (QED) is 0.677. The maximum absolute atomic E-state index is 5.03. The van der Waals surface area contributed by atoms with Crippen molar-refractivity contribution < 1.29 is 4.74 Å². The number of hydrogen-bond donors (Lipinski definition) is 1. The van der Waals surface area contributed by atoms with Gasteiger partial charge in [-0.05, 0) is 24.2 Å². The molecule has 13 heavy (non-hydrogen) atoms. The van der Waals surface area contributed by atoms with Crippen molar-refractivity contribution in [2.75, 3.05) is 20.3 Å². The third kappa shape index (κ3) is 3.28. The van der Waals surface area contributed by atoms with Gasteiger partial charge in [0.1, 0.15) is 0 Å². The number of methoxy groups -OCH3 is 1. The largest absolute Gasteiger partial charge is 0.383 e. The van der Waals surface area contributed by atoms with Crippen LogP contribution < -0.4 is 5.32 Å². The summed E-state index contributed by atoms with van der Waals surface area (Å²) >= 11 is 0. The van der Waals surface area contributed by atoms with Crippen molar-refractivity contribution in [3.63, 3.8) is 0 Å². The summed E-state index contributed by atoms with van der Waals surface area (Å²) < 4.78 is 5.03. The highest BCUT2D eigenvalue weighted by Crippen LogP contribution is 2.40. The summed E-state index contributed by atoms with van der Waals surface area (Å²) in [6.07, 6.45) is 2.65. The van der Waals surface area contributed by atoms with Crippen LogP contribution >= 0.6 is 0 Å². The van der Waals surface area contributed by atoms with E-state index in [4.69, 9.17) is 4.74 Å². The van der Waals surface area contributed by atoms with Crippen molar-refractivity contribution in [1.29, 1.82) is 0 Å². The average Bonchev–Trinajstić information content (AvgIpc) is 2.25. The van der Waals surface area contributed by atoms with Gasteiger partial charge in [0.2, 0.25) is 0 Å².